The topological polar surface area (TPSA) is 150 Å². The van der Waals surface area contributed by atoms with Crippen molar-refractivity contribution >= 4 is 5.91 Å². The lowest BCUT2D eigenvalue weighted by Gasteiger charge is -2.20. The maximum atomic E-state index is 10.8. The van der Waals surface area contributed by atoms with Crippen LogP contribution in [0.3, 0.4) is 0 Å². The Labute approximate surface area is 69.9 Å². The minimum Gasteiger partial charge on any atom is -0.584 e. The summed E-state index contributed by atoms with van der Waals surface area (Å²) < 4.78 is 0. The van der Waals surface area contributed by atoms with E-state index in [1.54, 1.807) is 0 Å². The first-order valence-corrected chi connectivity index (χ1v) is 2.89. The van der Waals surface area contributed by atoms with E-state index < -0.39 is 22.3 Å². The number of hydrogen-bond donors (Lipinski definition) is 2. The zero-order valence-electron chi connectivity index (χ0n) is 5.98. The number of carbonyl (C=O) groups excluding carboxylic acids is 1. The van der Waals surface area contributed by atoms with E-state index in [1.807, 2.05) is 5.29 Å². The summed E-state index contributed by atoms with van der Waals surface area (Å²) in [5.41, 5.74) is 0. The number of hydrazine groups is 1. The molecule has 0 saturated carbocycles. The summed E-state index contributed by atoms with van der Waals surface area (Å²) in [5, 5.41) is 21.4. The minimum absolute atomic E-state index is 0.0315. The van der Waals surface area contributed by atoms with Crippen molar-refractivity contribution in [3.63, 3.8) is 0 Å². The van der Waals surface area contributed by atoms with E-state index in [0.29, 0.717) is 0 Å². The van der Waals surface area contributed by atoms with Crippen molar-refractivity contribution in [1.29, 1.82) is 0 Å². The molecule has 0 bridgehead atoms. The number of hydrogen-bond acceptors (Lipinski definition) is 8. The molecule has 11 heteroatoms. The molecule has 1 aliphatic rings. The Morgan fingerprint density at radius 1 is 1.69 bits per heavy atom. The quantitative estimate of drug-likeness (QED) is 0.151. The Hall–Kier alpha value is -1.69. The molecule has 1 fully saturated rings. The number of quaternary nitrogens is 1. The number of rotatable bonds is 2. The lowest BCUT2D eigenvalue weighted by molar-refractivity contribution is -1.06. The van der Waals surface area contributed by atoms with E-state index in [0.717, 1.165) is 0 Å². The molecular formula is C2H4N6O5. The zero-order valence-corrected chi connectivity index (χ0v) is 5.98. The number of nitrogens with one attached hydrogen (secondary N) is 1. The molecule has 0 radical (unpaired) electrons. The Kier molecular flexibility index (Phi) is 2.16. The Bertz CT molecular complexity index is 266. The smallest absolute Gasteiger partial charge is 0.409 e. The molecule has 72 valence electrons. The highest BCUT2D eigenvalue weighted by atomic mass is 16.7. The van der Waals surface area contributed by atoms with Crippen molar-refractivity contribution in [1.82, 2.24) is 10.2 Å². The monoisotopic (exact) mass is 192 g/mol. The number of nitroso groups, excluding NO2 is 1. The average molecular weight is 192 g/mol. The summed E-state index contributed by atoms with van der Waals surface area (Å²) in [6.45, 7) is 0. The van der Waals surface area contributed by atoms with Gasteiger partial charge in [-0.1, -0.05) is 0 Å². The number of amides is 1. The van der Waals surface area contributed by atoms with Gasteiger partial charge in [-0.05, 0) is 5.12 Å². The summed E-state index contributed by atoms with van der Waals surface area (Å²) in [6, 6.07) is 0. The maximum absolute atomic E-state index is 10.8. The van der Waals surface area contributed by atoms with Crippen molar-refractivity contribution in [3.05, 3.63) is 20.2 Å². The van der Waals surface area contributed by atoms with Gasteiger partial charge in [0.1, 0.15) is 5.29 Å². The van der Waals surface area contributed by atoms with Crippen LogP contribution in [-0.2, 0) is 4.79 Å². The second-order valence-electron chi connectivity index (χ2n) is 2.08. The van der Waals surface area contributed by atoms with Crippen LogP contribution < -0.4 is 11.1 Å². The van der Waals surface area contributed by atoms with Gasteiger partial charge in [0.2, 0.25) is 0 Å². The molecule has 1 heterocycles. The average Bonchev–Trinajstić information content (AvgIpc) is 2.24. The van der Waals surface area contributed by atoms with Crippen molar-refractivity contribution in [2.24, 2.45) is 11.1 Å². The molecule has 1 saturated heterocycles. The van der Waals surface area contributed by atoms with Crippen LogP contribution in [-0.4, -0.2) is 27.2 Å². The number of nitro groups is 1. The van der Waals surface area contributed by atoms with Gasteiger partial charge in [-0.25, -0.2) is 5.84 Å². The lowest BCUT2D eigenvalue weighted by atomic mass is 10.5. The van der Waals surface area contributed by atoms with Gasteiger partial charge in [0.15, 0.2) is 0 Å². The third kappa shape index (κ3) is 1.20. The molecular weight excluding hydrogens is 188 g/mol. The molecule has 2 unspecified atom stereocenters. The second-order valence-corrected chi connectivity index (χ2v) is 2.08. The van der Waals surface area contributed by atoms with Gasteiger partial charge in [0.25, 0.3) is 0 Å². The van der Waals surface area contributed by atoms with Gasteiger partial charge in [0.05, 0.1) is 4.92 Å². The van der Waals surface area contributed by atoms with Gasteiger partial charge in [-0.15, -0.1) is 10.2 Å². The van der Waals surface area contributed by atoms with Crippen LogP contribution in [0.5, 0.6) is 0 Å². The fourth-order valence-corrected chi connectivity index (χ4v) is 0.804. The van der Waals surface area contributed by atoms with E-state index in [2.05, 4.69) is 0 Å². The molecule has 0 aromatic rings. The van der Waals surface area contributed by atoms with Gasteiger partial charge in [-0.3, -0.25) is 14.9 Å². The van der Waals surface area contributed by atoms with E-state index in [-0.39, 0.29) is 10.2 Å². The molecule has 11 nitrogen and oxygen atoms in total. The maximum Gasteiger partial charge on any atom is 0.409 e. The predicted octanol–water partition coefficient (Wildman–Crippen LogP) is -3.50. The van der Waals surface area contributed by atoms with E-state index >= 15 is 0 Å². The molecule has 1 amide bonds. The van der Waals surface area contributed by atoms with E-state index in [4.69, 9.17) is 5.84 Å². The standard InChI is InChI=1S/C2H4N6O5/c3-5-1(7(11)12)2(9)6(4-10)8(5)13/h1,8H,3H2. The van der Waals surface area contributed by atoms with E-state index in [1.165, 1.54) is 0 Å². The fourth-order valence-electron chi connectivity index (χ4n) is 0.804. The number of carbonyl (C=O) groups is 1. The summed E-state index contributed by atoms with van der Waals surface area (Å²) in [4.78, 5) is 29.8. The molecule has 3 N–H and O–H groups in total. The van der Waals surface area contributed by atoms with Crippen LogP contribution in [0.25, 0.3) is 0 Å². The first kappa shape index (κ1) is 9.40. The van der Waals surface area contributed by atoms with Crippen molar-refractivity contribution < 1.29 is 15.0 Å². The molecule has 13 heavy (non-hydrogen) atoms. The van der Waals surface area contributed by atoms with Crippen molar-refractivity contribution in [2.45, 2.75) is 6.17 Å². The fraction of sp³-hybridized carbons (Fsp3) is 0.500. The van der Waals surface area contributed by atoms with Crippen molar-refractivity contribution in [2.75, 3.05) is 0 Å². The Balaban J connectivity index is 2.97. The zero-order chi connectivity index (χ0) is 10.2. The van der Waals surface area contributed by atoms with Crippen molar-refractivity contribution in [3.8, 4) is 0 Å². The summed E-state index contributed by atoms with van der Waals surface area (Å²) in [7, 11) is 0. The lowest BCUT2D eigenvalue weighted by Crippen LogP contribution is -3.17. The van der Waals surface area contributed by atoms with Gasteiger partial charge < -0.3 is 5.21 Å². The second kappa shape index (κ2) is 2.98. The molecule has 0 aliphatic carbocycles. The molecule has 0 aromatic carbocycles. The minimum atomic E-state index is -2.06. The first-order chi connectivity index (χ1) is 6.00. The van der Waals surface area contributed by atoms with Crippen LogP contribution in [0, 0.1) is 20.2 Å². The third-order valence-electron chi connectivity index (χ3n) is 1.38. The summed E-state index contributed by atoms with van der Waals surface area (Å²) in [5.74, 6) is 3.49. The highest BCUT2D eigenvalue weighted by molar-refractivity contribution is 5.79. The number of nitrogens with two attached hydrogens (primary N) is 1. The molecule has 1 aliphatic heterocycles. The van der Waals surface area contributed by atoms with Gasteiger partial charge in [-0.2, -0.15) is 0 Å². The highest BCUT2D eigenvalue weighted by Crippen LogP contribution is 2.01. The molecule has 0 spiro atoms. The van der Waals surface area contributed by atoms with Crippen LogP contribution in [0.2, 0.25) is 0 Å². The Morgan fingerprint density at radius 3 is 2.46 bits per heavy atom. The van der Waals surface area contributed by atoms with Crippen LogP contribution in [0.15, 0.2) is 5.29 Å². The molecule has 0 aromatic heterocycles. The van der Waals surface area contributed by atoms with Gasteiger partial charge >= 0.3 is 12.1 Å². The largest absolute Gasteiger partial charge is 0.584 e. The van der Waals surface area contributed by atoms with Crippen LogP contribution in [0.4, 0.5) is 0 Å². The normalized spacial score (nSPS) is 29.4. The summed E-state index contributed by atoms with van der Waals surface area (Å²) in [6.07, 6.45) is -2.06. The highest BCUT2D eigenvalue weighted by Gasteiger charge is 2.55. The SMILES string of the molecule is NN1C([N+](=O)[O-])C(=O)N(N=O)[NH+]1[O-]. The molecule has 1 rings (SSSR count). The van der Waals surface area contributed by atoms with E-state index in [9.17, 15) is 25.0 Å². The Morgan fingerprint density at radius 2 is 2.23 bits per heavy atom. The first-order valence-electron chi connectivity index (χ1n) is 2.89. The van der Waals surface area contributed by atoms with Crippen LogP contribution in [0.1, 0.15) is 0 Å². The number of nitrogens with zero attached hydrogens (tertiary/aromatic N) is 4. The van der Waals surface area contributed by atoms with Gasteiger partial charge in [0, 0.05) is 5.12 Å². The predicted molar refractivity (Wildman–Crippen MR) is 33.8 cm³/mol. The third-order valence-corrected chi connectivity index (χ3v) is 1.38. The van der Waals surface area contributed by atoms with Crippen LogP contribution >= 0.6 is 0 Å². The summed E-state index contributed by atoms with van der Waals surface area (Å²) >= 11 is 0. The molecule has 2 atom stereocenters.